The molecule has 0 aliphatic heterocycles. The highest BCUT2D eigenvalue weighted by molar-refractivity contribution is 9.09. The minimum Gasteiger partial charge on any atom is -0.491 e. The molecule has 0 saturated heterocycles. The number of rotatable bonds is 7. The van der Waals surface area contributed by atoms with E-state index in [-0.39, 0.29) is 12.0 Å². The first-order valence-electron chi connectivity index (χ1n) is 6.70. The Morgan fingerprint density at radius 2 is 1.95 bits per heavy atom. The van der Waals surface area contributed by atoms with Crippen molar-refractivity contribution in [3.05, 3.63) is 29.8 Å². The molecule has 0 aliphatic rings. The summed E-state index contributed by atoms with van der Waals surface area (Å²) in [6, 6.07) is 7.37. The van der Waals surface area contributed by atoms with Crippen LogP contribution in [0.2, 0.25) is 0 Å². The fraction of sp³-hybridized carbons (Fsp3) is 0.533. The third-order valence-corrected chi connectivity index (χ3v) is 3.26. The normalized spacial score (nSPS) is 10.6. The molecule has 19 heavy (non-hydrogen) atoms. The van der Waals surface area contributed by atoms with E-state index in [0.717, 1.165) is 30.6 Å². The monoisotopic (exact) mass is 327 g/mol. The van der Waals surface area contributed by atoms with Gasteiger partial charge < -0.3 is 9.64 Å². The Balaban J connectivity index is 2.70. The van der Waals surface area contributed by atoms with Gasteiger partial charge in [0.05, 0.1) is 6.10 Å². The van der Waals surface area contributed by atoms with Gasteiger partial charge in [0.15, 0.2) is 0 Å². The molecule has 0 aromatic heterocycles. The molecule has 4 heteroatoms. The Kier molecular flexibility index (Phi) is 6.92. The van der Waals surface area contributed by atoms with Gasteiger partial charge in [0.1, 0.15) is 5.75 Å². The predicted molar refractivity (Wildman–Crippen MR) is 82.2 cm³/mol. The van der Waals surface area contributed by atoms with Crippen molar-refractivity contribution in [2.24, 2.45) is 0 Å². The molecule has 1 amide bonds. The zero-order valence-electron chi connectivity index (χ0n) is 11.9. The highest BCUT2D eigenvalue weighted by Crippen LogP contribution is 2.15. The first-order valence-corrected chi connectivity index (χ1v) is 7.82. The molecule has 0 atom stereocenters. The number of hydrogen-bond donors (Lipinski definition) is 0. The van der Waals surface area contributed by atoms with Crippen LogP contribution >= 0.6 is 15.9 Å². The fourth-order valence-corrected chi connectivity index (χ4v) is 2.04. The van der Waals surface area contributed by atoms with Crippen molar-refractivity contribution in [3.8, 4) is 5.75 Å². The molecule has 1 aromatic carbocycles. The van der Waals surface area contributed by atoms with Crippen LogP contribution in [0.3, 0.4) is 0 Å². The molecule has 0 unspecified atom stereocenters. The topological polar surface area (TPSA) is 29.5 Å². The lowest BCUT2D eigenvalue weighted by Crippen LogP contribution is -2.31. The number of alkyl halides is 1. The van der Waals surface area contributed by atoms with Crippen LogP contribution in [0.25, 0.3) is 0 Å². The quantitative estimate of drug-likeness (QED) is 0.714. The Morgan fingerprint density at radius 1 is 1.32 bits per heavy atom. The molecule has 0 fully saturated rings. The first kappa shape index (κ1) is 16.0. The second kappa shape index (κ2) is 8.20. The summed E-state index contributed by atoms with van der Waals surface area (Å²) >= 11 is 3.39. The SMILES string of the molecule is CCN(CCCBr)C(=O)c1ccc(OC(C)C)cc1. The van der Waals surface area contributed by atoms with Gasteiger partial charge in [0, 0.05) is 24.0 Å². The van der Waals surface area contributed by atoms with Gasteiger partial charge in [-0.2, -0.15) is 0 Å². The summed E-state index contributed by atoms with van der Waals surface area (Å²) in [7, 11) is 0. The van der Waals surface area contributed by atoms with Crippen LogP contribution in [0.1, 0.15) is 37.6 Å². The van der Waals surface area contributed by atoms with E-state index in [1.807, 2.05) is 49.9 Å². The lowest BCUT2D eigenvalue weighted by molar-refractivity contribution is 0.0765. The number of benzene rings is 1. The van der Waals surface area contributed by atoms with Crippen LogP contribution in [-0.4, -0.2) is 35.3 Å². The molecule has 0 saturated carbocycles. The third-order valence-electron chi connectivity index (χ3n) is 2.70. The molecule has 3 nitrogen and oxygen atoms in total. The number of amides is 1. The summed E-state index contributed by atoms with van der Waals surface area (Å²) in [6.45, 7) is 7.49. The summed E-state index contributed by atoms with van der Waals surface area (Å²) in [5.74, 6) is 0.884. The molecule has 0 aliphatic carbocycles. The summed E-state index contributed by atoms with van der Waals surface area (Å²) in [5, 5.41) is 0.915. The van der Waals surface area contributed by atoms with Crippen molar-refractivity contribution in [2.45, 2.75) is 33.3 Å². The van der Waals surface area contributed by atoms with E-state index < -0.39 is 0 Å². The molecule has 1 aromatic rings. The Morgan fingerprint density at radius 3 is 2.42 bits per heavy atom. The molecule has 0 spiro atoms. The second-order valence-corrected chi connectivity index (χ2v) is 5.41. The van der Waals surface area contributed by atoms with Crippen LogP contribution in [0.4, 0.5) is 0 Å². The summed E-state index contributed by atoms with van der Waals surface area (Å²) < 4.78 is 5.57. The van der Waals surface area contributed by atoms with Gasteiger partial charge in [0.25, 0.3) is 5.91 Å². The maximum absolute atomic E-state index is 12.3. The zero-order valence-corrected chi connectivity index (χ0v) is 13.4. The standard InChI is InChI=1S/C15H22BrNO2/c1-4-17(11-5-10-16)15(18)13-6-8-14(9-7-13)19-12(2)3/h6-9,12H,4-5,10-11H2,1-3H3. The summed E-state index contributed by atoms with van der Waals surface area (Å²) in [5.41, 5.74) is 0.715. The largest absolute Gasteiger partial charge is 0.491 e. The van der Waals surface area contributed by atoms with Crippen molar-refractivity contribution >= 4 is 21.8 Å². The Hall–Kier alpha value is -1.03. The number of ether oxygens (including phenoxy) is 1. The average Bonchev–Trinajstić information content (AvgIpc) is 2.39. The van der Waals surface area contributed by atoms with E-state index >= 15 is 0 Å². The minimum absolute atomic E-state index is 0.0829. The average molecular weight is 328 g/mol. The van der Waals surface area contributed by atoms with Crippen LogP contribution < -0.4 is 4.74 Å². The number of halogens is 1. The number of carbonyl (C=O) groups is 1. The van der Waals surface area contributed by atoms with Gasteiger partial charge in [-0.3, -0.25) is 4.79 Å². The molecular weight excluding hydrogens is 306 g/mol. The van der Waals surface area contributed by atoms with Gasteiger partial charge in [-0.1, -0.05) is 15.9 Å². The minimum atomic E-state index is 0.0829. The van der Waals surface area contributed by atoms with Gasteiger partial charge in [-0.15, -0.1) is 0 Å². The fourth-order valence-electron chi connectivity index (χ4n) is 1.78. The van der Waals surface area contributed by atoms with Crippen LogP contribution in [0.5, 0.6) is 5.75 Å². The van der Waals surface area contributed by atoms with Crippen molar-refractivity contribution < 1.29 is 9.53 Å². The van der Waals surface area contributed by atoms with Crippen molar-refractivity contribution in [3.63, 3.8) is 0 Å². The molecule has 0 radical (unpaired) electrons. The second-order valence-electron chi connectivity index (χ2n) is 4.62. The van der Waals surface area contributed by atoms with Crippen molar-refractivity contribution in [2.75, 3.05) is 18.4 Å². The highest BCUT2D eigenvalue weighted by atomic mass is 79.9. The lowest BCUT2D eigenvalue weighted by atomic mass is 10.2. The molecule has 1 rings (SSSR count). The Bertz CT molecular complexity index is 390. The predicted octanol–water partition coefficient (Wildman–Crippen LogP) is 3.72. The Labute approximate surface area is 124 Å². The van der Waals surface area contributed by atoms with Crippen LogP contribution in [-0.2, 0) is 0 Å². The number of nitrogens with zero attached hydrogens (tertiary/aromatic N) is 1. The van der Waals surface area contributed by atoms with Gasteiger partial charge in [-0.05, 0) is 51.5 Å². The molecule has 0 N–H and O–H groups in total. The molecule has 106 valence electrons. The van der Waals surface area contributed by atoms with E-state index in [1.165, 1.54) is 0 Å². The van der Waals surface area contributed by atoms with Crippen LogP contribution in [0.15, 0.2) is 24.3 Å². The smallest absolute Gasteiger partial charge is 0.253 e. The summed E-state index contributed by atoms with van der Waals surface area (Å²) in [6.07, 6.45) is 1.11. The molecular formula is C15H22BrNO2. The van der Waals surface area contributed by atoms with Gasteiger partial charge >= 0.3 is 0 Å². The number of hydrogen-bond acceptors (Lipinski definition) is 2. The summed E-state index contributed by atoms with van der Waals surface area (Å²) in [4.78, 5) is 14.1. The first-order chi connectivity index (χ1) is 9.08. The van der Waals surface area contributed by atoms with E-state index in [9.17, 15) is 4.79 Å². The van der Waals surface area contributed by atoms with Crippen molar-refractivity contribution in [1.82, 2.24) is 4.90 Å². The number of carbonyl (C=O) groups excluding carboxylic acids is 1. The third kappa shape index (κ3) is 5.23. The lowest BCUT2D eigenvalue weighted by Gasteiger charge is -2.20. The maximum atomic E-state index is 12.3. The van der Waals surface area contributed by atoms with Crippen LogP contribution in [0, 0.1) is 0 Å². The van der Waals surface area contributed by atoms with E-state index in [4.69, 9.17) is 4.74 Å². The maximum Gasteiger partial charge on any atom is 0.253 e. The van der Waals surface area contributed by atoms with E-state index in [1.54, 1.807) is 0 Å². The van der Waals surface area contributed by atoms with Crippen molar-refractivity contribution in [1.29, 1.82) is 0 Å². The highest BCUT2D eigenvalue weighted by Gasteiger charge is 2.13. The van der Waals surface area contributed by atoms with Gasteiger partial charge in [-0.25, -0.2) is 0 Å². The molecule has 0 bridgehead atoms. The zero-order chi connectivity index (χ0) is 14.3. The molecule has 0 heterocycles. The van der Waals surface area contributed by atoms with Gasteiger partial charge in [0.2, 0.25) is 0 Å². The van der Waals surface area contributed by atoms with E-state index in [2.05, 4.69) is 15.9 Å². The van der Waals surface area contributed by atoms with E-state index in [0.29, 0.717) is 5.56 Å².